The second-order valence-corrected chi connectivity index (χ2v) is 6.88. The lowest BCUT2D eigenvalue weighted by atomic mass is 10.2. The number of carbonyl (C=O) groups excluding carboxylic acids is 1. The summed E-state index contributed by atoms with van der Waals surface area (Å²) in [5.74, 6) is 0.0716. The van der Waals surface area contributed by atoms with Gasteiger partial charge in [0.15, 0.2) is 4.34 Å². The normalized spacial score (nSPS) is 11.3. The fourth-order valence-corrected chi connectivity index (χ4v) is 3.31. The molecule has 2 N–H and O–H groups in total. The number of nitrogens with zero attached hydrogens (tertiary/aromatic N) is 2. The fourth-order valence-electron chi connectivity index (χ4n) is 1.72. The van der Waals surface area contributed by atoms with Gasteiger partial charge in [0.05, 0.1) is 17.0 Å². The zero-order valence-corrected chi connectivity index (χ0v) is 14.3. The van der Waals surface area contributed by atoms with E-state index in [4.69, 9.17) is 0 Å². The molecule has 0 spiro atoms. The van der Waals surface area contributed by atoms with Crippen molar-refractivity contribution < 1.29 is 18.0 Å². The summed E-state index contributed by atoms with van der Waals surface area (Å²) in [6.07, 6.45) is -3.61. The van der Waals surface area contributed by atoms with Crippen molar-refractivity contribution in [2.45, 2.75) is 23.9 Å². The van der Waals surface area contributed by atoms with E-state index in [9.17, 15) is 18.0 Å². The predicted molar refractivity (Wildman–Crippen MR) is 88.7 cm³/mol. The Bertz CT molecular complexity index is 691. The van der Waals surface area contributed by atoms with Gasteiger partial charge in [0, 0.05) is 6.54 Å². The van der Waals surface area contributed by atoms with Gasteiger partial charge in [-0.2, -0.15) is 13.2 Å². The molecule has 0 saturated heterocycles. The first-order valence-electron chi connectivity index (χ1n) is 7.06. The van der Waals surface area contributed by atoms with E-state index >= 15 is 0 Å². The van der Waals surface area contributed by atoms with Gasteiger partial charge in [0.25, 0.3) is 0 Å². The van der Waals surface area contributed by atoms with Crippen molar-refractivity contribution in [3.63, 3.8) is 0 Å². The molecule has 1 aromatic carbocycles. The Morgan fingerprint density at radius 1 is 1.29 bits per heavy atom. The maximum absolute atomic E-state index is 12.9. The SMILES string of the molecule is CCCNC(=O)CSc1nnc(Nc2ccccc2C(F)(F)F)s1. The molecule has 0 saturated carbocycles. The molecule has 0 atom stereocenters. The molecule has 0 bridgehead atoms. The maximum atomic E-state index is 12.9. The summed E-state index contributed by atoms with van der Waals surface area (Å²) in [5, 5.41) is 13.3. The molecule has 0 aliphatic carbocycles. The quantitative estimate of drug-likeness (QED) is 0.717. The first-order valence-corrected chi connectivity index (χ1v) is 8.86. The Morgan fingerprint density at radius 2 is 2.04 bits per heavy atom. The fraction of sp³-hybridized carbons (Fsp3) is 0.357. The maximum Gasteiger partial charge on any atom is 0.418 e. The number of hydrogen-bond donors (Lipinski definition) is 2. The van der Waals surface area contributed by atoms with Crippen LogP contribution in [0.15, 0.2) is 28.6 Å². The summed E-state index contributed by atoms with van der Waals surface area (Å²) < 4.78 is 39.3. The molecular formula is C14H15F3N4OS2. The van der Waals surface area contributed by atoms with Gasteiger partial charge < -0.3 is 10.6 Å². The van der Waals surface area contributed by atoms with Gasteiger partial charge in [0.2, 0.25) is 11.0 Å². The second-order valence-electron chi connectivity index (χ2n) is 4.68. The third-order valence-electron chi connectivity index (χ3n) is 2.78. The lowest BCUT2D eigenvalue weighted by molar-refractivity contribution is -0.137. The van der Waals surface area contributed by atoms with Crippen LogP contribution in [0.3, 0.4) is 0 Å². The minimum Gasteiger partial charge on any atom is -0.355 e. The number of hydrogen-bond acceptors (Lipinski definition) is 6. The summed E-state index contributed by atoms with van der Waals surface area (Å²) in [6.45, 7) is 2.56. The third kappa shape index (κ3) is 5.38. The van der Waals surface area contributed by atoms with E-state index < -0.39 is 11.7 Å². The van der Waals surface area contributed by atoms with Crippen molar-refractivity contribution in [3.8, 4) is 0 Å². The number of halogens is 3. The van der Waals surface area contributed by atoms with Crippen LogP contribution in [-0.2, 0) is 11.0 Å². The molecule has 0 aliphatic heterocycles. The van der Waals surface area contributed by atoms with E-state index in [-0.39, 0.29) is 22.5 Å². The standard InChI is InChI=1S/C14H15F3N4OS2/c1-2-7-18-11(22)8-23-13-21-20-12(24-13)19-10-6-4-3-5-9(10)14(15,16)17/h3-6H,2,7-8H2,1H3,(H,18,22)(H,19,20). The van der Waals surface area contributed by atoms with Gasteiger partial charge in [-0.15, -0.1) is 10.2 Å². The Kier molecular flexibility index (Phi) is 6.44. The molecule has 0 unspecified atom stereocenters. The van der Waals surface area contributed by atoms with E-state index in [1.165, 1.54) is 30.0 Å². The number of rotatable bonds is 7. The molecule has 0 radical (unpaired) electrons. The lowest BCUT2D eigenvalue weighted by Gasteiger charge is -2.12. The number of amides is 1. The Balaban J connectivity index is 1.99. The van der Waals surface area contributed by atoms with Crippen LogP contribution in [-0.4, -0.2) is 28.4 Å². The van der Waals surface area contributed by atoms with Crippen molar-refractivity contribution in [2.75, 3.05) is 17.6 Å². The topological polar surface area (TPSA) is 66.9 Å². The van der Waals surface area contributed by atoms with Gasteiger partial charge in [-0.1, -0.05) is 42.2 Å². The molecule has 0 aliphatic rings. The predicted octanol–water partition coefficient (Wildman–Crippen LogP) is 3.92. The average molecular weight is 376 g/mol. The van der Waals surface area contributed by atoms with Crippen molar-refractivity contribution in [2.24, 2.45) is 0 Å². The summed E-state index contributed by atoms with van der Waals surface area (Å²) in [7, 11) is 0. The van der Waals surface area contributed by atoms with Crippen molar-refractivity contribution in [3.05, 3.63) is 29.8 Å². The molecular weight excluding hydrogens is 361 g/mol. The minimum atomic E-state index is -4.46. The van der Waals surface area contributed by atoms with Gasteiger partial charge in [-0.25, -0.2) is 0 Å². The van der Waals surface area contributed by atoms with E-state index in [0.717, 1.165) is 23.8 Å². The zero-order chi connectivity index (χ0) is 17.6. The van der Waals surface area contributed by atoms with Crippen LogP contribution in [0, 0.1) is 0 Å². The van der Waals surface area contributed by atoms with Crippen molar-refractivity contribution in [1.29, 1.82) is 0 Å². The highest BCUT2D eigenvalue weighted by atomic mass is 32.2. The van der Waals surface area contributed by atoms with Gasteiger partial charge in [-0.05, 0) is 18.6 Å². The summed E-state index contributed by atoms with van der Waals surface area (Å²) in [4.78, 5) is 11.5. The number of benzene rings is 1. The monoisotopic (exact) mass is 376 g/mol. The van der Waals surface area contributed by atoms with Crippen LogP contribution in [0.1, 0.15) is 18.9 Å². The van der Waals surface area contributed by atoms with Crippen LogP contribution in [0.25, 0.3) is 0 Å². The number of thioether (sulfide) groups is 1. The van der Waals surface area contributed by atoms with Crippen molar-refractivity contribution >= 4 is 39.8 Å². The van der Waals surface area contributed by atoms with E-state index in [1.54, 1.807) is 0 Å². The number of anilines is 2. The molecule has 2 rings (SSSR count). The van der Waals surface area contributed by atoms with Crippen molar-refractivity contribution in [1.82, 2.24) is 15.5 Å². The van der Waals surface area contributed by atoms with Crippen LogP contribution in [0.2, 0.25) is 0 Å². The highest BCUT2D eigenvalue weighted by Gasteiger charge is 2.33. The van der Waals surface area contributed by atoms with Gasteiger partial charge >= 0.3 is 6.18 Å². The summed E-state index contributed by atoms with van der Waals surface area (Å²) >= 11 is 2.29. The Labute approximate surface area is 145 Å². The first-order chi connectivity index (χ1) is 11.4. The average Bonchev–Trinajstić information content (AvgIpc) is 2.98. The molecule has 130 valence electrons. The Morgan fingerprint density at radius 3 is 2.75 bits per heavy atom. The van der Waals surface area contributed by atoms with Crippen LogP contribution >= 0.6 is 23.1 Å². The molecule has 5 nitrogen and oxygen atoms in total. The Hall–Kier alpha value is -1.81. The van der Waals surface area contributed by atoms with Crippen LogP contribution in [0.5, 0.6) is 0 Å². The third-order valence-corrected chi connectivity index (χ3v) is 4.75. The molecule has 10 heteroatoms. The van der Waals surface area contributed by atoms with Crippen LogP contribution in [0.4, 0.5) is 24.0 Å². The zero-order valence-electron chi connectivity index (χ0n) is 12.7. The molecule has 24 heavy (non-hydrogen) atoms. The minimum absolute atomic E-state index is 0.0848. The highest BCUT2D eigenvalue weighted by molar-refractivity contribution is 8.01. The largest absolute Gasteiger partial charge is 0.418 e. The number of carbonyl (C=O) groups is 1. The number of alkyl halides is 3. The molecule has 1 heterocycles. The van der Waals surface area contributed by atoms with Gasteiger partial charge in [-0.3, -0.25) is 4.79 Å². The molecule has 1 aromatic heterocycles. The van der Waals surface area contributed by atoms with E-state index in [1.807, 2.05) is 6.92 Å². The van der Waals surface area contributed by atoms with E-state index in [0.29, 0.717) is 10.9 Å². The highest BCUT2D eigenvalue weighted by Crippen LogP contribution is 2.36. The number of aromatic nitrogens is 2. The first kappa shape index (κ1) is 18.5. The number of para-hydroxylation sites is 1. The summed E-state index contributed by atoms with van der Waals surface area (Å²) in [5.41, 5.74) is -0.855. The summed E-state index contributed by atoms with van der Waals surface area (Å²) in [6, 6.07) is 5.16. The molecule has 2 aromatic rings. The second kappa shape index (κ2) is 8.34. The molecule has 1 amide bonds. The molecule has 0 fully saturated rings. The van der Waals surface area contributed by atoms with Crippen LogP contribution < -0.4 is 10.6 Å². The number of nitrogens with one attached hydrogen (secondary N) is 2. The van der Waals surface area contributed by atoms with Gasteiger partial charge in [0.1, 0.15) is 0 Å². The van der Waals surface area contributed by atoms with E-state index in [2.05, 4.69) is 20.8 Å². The smallest absolute Gasteiger partial charge is 0.355 e. The lowest BCUT2D eigenvalue weighted by Crippen LogP contribution is -2.25.